The highest BCUT2D eigenvalue weighted by atomic mass is 79.9. The second-order valence-electron chi connectivity index (χ2n) is 4.34. The molecule has 1 aliphatic rings. The molecule has 1 aromatic rings. The monoisotopic (exact) mass is 406 g/mol. The van der Waals surface area contributed by atoms with E-state index in [4.69, 9.17) is 9.47 Å². The molecule has 1 amide bonds. The summed E-state index contributed by atoms with van der Waals surface area (Å²) >= 11 is 6.80. The minimum Gasteiger partial charge on any atom is -0.496 e. The van der Waals surface area contributed by atoms with Crippen molar-refractivity contribution in [2.45, 2.75) is 0 Å². The Morgan fingerprint density at radius 1 is 1.25 bits per heavy atom. The fourth-order valence-corrected chi connectivity index (χ4v) is 2.84. The number of carbonyl (C=O) groups excluding carboxylic acids is 1. The summed E-state index contributed by atoms with van der Waals surface area (Å²) in [6.45, 7) is 3.18. The predicted molar refractivity (Wildman–Crippen MR) is 83.3 cm³/mol. The van der Waals surface area contributed by atoms with Crippen LogP contribution in [0, 0.1) is 0 Å². The summed E-state index contributed by atoms with van der Waals surface area (Å²) in [6.07, 6.45) is 0. The molecule has 2 rings (SSSR count). The molecule has 0 bridgehead atoms. The summed E-state index contributed by atoms with van der Waals surface area (Å²) in [4.78, 5) is 13.8. The lowest BCUT2D eigenvalue weighted by molar-refractivity contribution is -0.133. The van der Waals surface area contributed by atoms with Gasteiger partial charge in [-0.3, -0.25) is 4.79 Å². The number of hydrogen-bond donors (Lipinski definition) is 1. The van der Waals surface area contributed by atoms with Crippen molar-refractivity contribution in [3.8, 4) is 11.5 Å². The van der Waals surface area contributed by atoms with Gasteiger partial charge in [0.25, 0.3) is 5.91 Å². The van der Waals surface area contributed by atoms with Crippen LogP contribution in [0.1, 0.15) is 0 Å². The molecule has 5 nitrogen and oxygen atoms in total. The minimum absolute atomic E-state index is 0.00494. The number of nitrogens with zero attached hydrogens (tertiary/aromatic N) is 1. The van der Waals surface area contributed by atoms with E-state index in [-0.39, 0.29) is 12.5 Å². The zero-order valence-corrected chi connectivity index (χ0v) is 14.3. The molecular weight excluding hydrogens is 392 g/mol. The average molecular weight is 408 g/mol. The summed E-state index contributed by atoms with van der Waals surface area (Å²) in [5.41, 5.74) is 0. The van der Waals surface area contributed by atoms with Crippen molar-refractivity contribution in [2.75, 3.05) is 39.9 Å². The van der Waals surface area contributed by atoms with Crippen LogP contribution in [-0.4, -0.2) is 50.7 Å². The maximum Gasteiger partial charge on any atom is 0.260 e. The zero-order chi connectivity index (χ0) is 14.5. The first-order valence-electron chi connectivity index (χ1n) is 6.26. The van der Waals surface area contributed by atoms with Crippen LogP contribution in [0.15, 0.2) is 21.1 Å². The molecule has 0 radical (unpaired) electrons. The van der Waals surface area contributed by atoms with Crippen molar-refractivity contribution in [2.24, 2.45) is 0 Å². The van der Waals surface area contributed by atoms with Crippen LogP contribution in [-0.2, 0) is 4.79 Å². The SMILES string of the molecule is COc1cc(Br)c(OCC(=O)N2CCNCC2)cc1Br. The fourth-order valence-electron chi connectivity index (χ4n) is 1.92. The molecule has 0 aliphatic carbocycles. The first-order valence-corrected chi connectivity index (χ1v) is 7.84. The van der Waals surface area contributed by atoms with E-state index in [0.717, 1.165) is 35.1 Å². The topological polar surface area (TPSA) is 50.8 Å². The van der Waals surface area contributed by atoms with E-state index in [0.29, 0.717) is 11.5 Å². The van der Waals surface area contributed by atoms with Gasteiger partial charge < -0.3 is 19.7 Å². The second-order valence-corrected chi connectivity index (χ2v) is 6.05. The van der Waals surface area contributed by atoms with E-state index in [1.54, 1.807) is 19.2 Å². The Morgan fingerprint density at radius 3 is 2.50 bits per heavy atom. The molecule has 0 saturated carbocycles. The van der Waals surface area contributed by atoms with E-state index in [1.807, 2.05) is 4.90 Å². The van der Waals surface area contributed by atoms with Crippen LogP contribution in [0.3, 0.4) is 0 Å². The molecule has 20 heavy (non-hydrogen) atoms. The highest BCUT2D eigenvalue weighted by Crippen LogP contribution is 2.35. The lowest BCUT2D eigenvalue weighted by atomic mass is 10.3. The number of benzene rings is 1. The lowest BCUT2D eigenvalue weighted by Crippen LogP contribution is -2.47. The average Bonchev–Trinajstić information content (AvgIpc) is 2.48. The third-order valence-electron chi connectivity index (χ3n) is 3.03. The first-order chi connectivity index (χ1) is 9.61. The van der Waals surface area contributed by atoms with E-state index in [9.17, 15) is 4.79 Å². The highest BCUT2D eigenvalue weighted by Gasteiger charge is 2.17. The van der Waals surface area contributed by atoms with E-state index >= 15 is 0 Å². The predicted octanol–water partition coefficient (Wildman–Crippen LogP) is 2.03. The molecule has 0 unspecified atom stereocenters. The van der Waals surface area contributed by atoms with Crippen LogP contribution in [0.2, 0.25) is 0 Å². The maximum atomic E-state index is 12.0. The van der Waals surface area contributed by atoms with Crippen molar-refractivity contribution in [1.82, 2.24) is 10.2 Å². The van der Waals surface area contributed by atoms with Gasteiger partial charge in [-0.15, -0.1) is 0 Å². The third-order valence-corrected chi connectivity index (χ3v) is 4.27. The molecule has 1 saturated heterocycles. The van der Waals surface area contributed by atoms with Gasteiger partial charge in [-0.05, 0) is 44.0 Å². The molecule has 1 aromatic carbocycles. The van der Waals surface area contributed by atoms with Crippen LogP contribution < -0.4 is 14.8 Å². The normalized spacial score (nSPS) is 15.1. The van der Waals surface area contributed by atoms with E-state index < -0.39 is 0 Å². The number of methoxy groups -OCH3 is 1. The molecule has 1 aliphatic heterocycles. The van der Waals surface area contributed by atoms with E-state index in [1.165, 1.54) is 0 Å². The van der Waals surface area contributed by atoms with Gasteiger partial charge in [0.2, 0.25) is 0 Å². The van der Waals surface area contributed by atoms with Gasteiger partial charge in [0.1, 0.15) is 11.5 Å². The Balaban J connectivity index is 1.96. The van der Waals surface area contributed by atoms with Crippen molar-refractivity contribution < 1.29 is 14.3 Å². The number of halogens is 2. The van der Waals surface area contributed by atoms with Crippen LogP contribution in [0.5, 0.6) is 11.5 Å². The summed E-state index contributed by atoms with van der Waals surface area (Å²) in [7, 11) is 1.60. The number of piperazine rings is 1. The van der Waals surface area contributed by atoms with Gasteiger partial charge in [-0.2, -0.15) is 0 Å². The molecular formula is C13H16Br2N2O3. The van der Waals surface area contributed by atoms with Crippen LogP contribution in [0.25, 0.3) is 0 Å². The van der Waals surface area contributed by atoms with Crippen LogP contribution >= 0.6 is 31.9 Å². The lowest BCUT2D eigenvalue weighted by Gasteiger charge is -2.27. The number of rotatable bonds is 4. The van der Waals surface area contributed by atoms with Gasteiger partial charge >= 0.3 is 0 Å². The number of nitrogens with one attached hydrogen (secondary N) is 1. The van der Waals surface area contributed by atoms with Gasteiger partial charge in [-0.1, -0.05) is 0 Å². The Bertz CT molecular complexity index is 491. The number of carbonyl (C=O) groups is 1. The second kappa shape index (κ2) is 7.28. The van der Waals surface area contributed by atoms with Crippen molar-refractivity contribution in [1.29, 1.82) is 0 Å². The van der Waals surface area contributed by atoms with Gasteiger partial charge in [0.15, 0.2) is 6.61 Å². The molecule has 0 atom stereocenters. The summed E-state index contributed by atoms with van der Waals surface area (Å²) < 4.78 is 12.3. The first kappa shape index (κ1) is 15.6. The summed E-state index contributed by atoms with van der Waals surface area (Å²) in [5.74, 6) is 1.32. The summed E-state index contributed by atoms with van der Waals surface area (Å²) in [6, 6.07) is 3.59. The molecule has 1 N–H and O–H groups in total. The minimum atomic E-state index is 0.00494. The zero-order valence-electron chi connectivity index (χ0n) is 11.1. The van der Waals surface area contributed by atoms with Crippen LogP contribution in [0.4, 0.5) is 0 Å². The van der Waals surface area contributed by atoms with E-state index in [2.05, 4.69) is 37.2 Å². The highest BCUT2D eigenvalue weighted by molar-refractivity contribution is 9.11. The van der Waals surface area contributed by atoms with Gasteiger partial charge in [0.05, 0.1) is 16.1 Å². The Morgan fingerprint density at radius 2 is 1.85 bits per heavy atom. The summed E-state index contributed by atoms with van der Waals surface area (Å²) in [5, 5.41) is 3.21. The van der Waals surface area contributed by atoms with Crippen molar-refractivity contribution in [3.05, 3.63) is 21.1 Å². The Labute approximate surface area is 134 Å². The number of ether oxygens (including phenoxy) is 2. The van der Waals surface area contributed by atoms with Crippen molar-refractivity contribution in [3.63, 3.8) is 0 Å². The molecule has 0 aromatic heterocycles. The standard InChI is InChI=1S/C13H16Br2N2O3/c1-19-11-6-10(15)12(7-9(11)14)20-8-13(18)17-4-2-16-3-5-17/h6-7,16H,2-5,8H2,1H3. The number of amides is 1. The van der Waals surface area contributed by atoms with Gasteiger partial charge in [-0.25, -0.2) is 0 Å². The largest absolute Gasteiger partial charge is 0.496 e. The molecule has 7 heteroatoms. The third kappa shape index (κ3) is 3.86. The quantitative estimate of drug-likeness (QED) is 0.829. The molecule has 1 fully saturated rings. The van der Waals surface area contributed by atoms with Crippen molar-refractivity contribution >= 4 is 37.8 Å². The maximum absolute atomic E-state index is 12.0. The number of hydrogen-bond acceptors (Lipinski definition) is 4. The molecule has 0 spiro atoms. The fraction of sp³-hybridized carbons (Fsp3) is 0.462. The molecule has 110 valence electrons. The van der Waals surface area contributed by atoms with Gasteiger partial charge in [0, 0.05) is 26.2 Å². The smallest absolute Gasteiger partial charge is 0.260 e. The Hall–Kier alpha value is -0.790. The molecule has 1 heterocycles. The Kier molecular flexibility index (Phi) is 5.68.